The number of nitrogens with zero attached hydrogens (tertiary/aromatic N) is 3. The van der Waals surface area contributed by atoms with Gasteiger partial charge in [0.15, 0.2) is 5.96 Å². The van der Waals surface area contributed by atoms with E-state index in [4.69, 9.17) is 14.2 Å². The first kappa shape index (κ1) is 25.7. The van der Waals surface area contributed by atoms with Gasteiger partial charge in [0.1, 0.15) is 12.4 Å². The van der Waals surface area contributed by atoms with Crippen molar-refractivity contribution in [3.05, 3.63) is 65.7 Å². The molecule has 2 unspecified atom stereocenters. The first-order valence-electron chi connectivity index (χ1n) is 11.3. The fraction of sp³-hybridized carbons (Fsp3) is 0.480. The summed E-state index contributed by atoms with van der Waals surface area (Å²) in [5.74, 6) is 1.77. The number of ether oxygens (including phenoxy) is 3. The Morgan fingerprint density at radius 1 is 1.09 bits per heavy atom. The Morgan fingerprint density at radius 2 is 1.91 bits per heavy atom. The van der Waals surface area contributed by atoms with E-state index in [9.17, 15) is 0 Å². The van der Waals surface area contributed by atoms with Gasteiger partial charge in [-0.2, -0.15) is 0 Å². The standard InChI is InChI=1S/C25H34N4O3.HI/c1-26-25(27-16-21-9-6-10-22(15-21)31-14-13-30-2)29-18-23-24(19-29)32-12-11-28(23)17-20-7-4-3-5-8-20;/h3-10,15,23-24H,11-14,16-19H2,1-2H3,(H,26,27);1H. The smallest absolute Gasteiger partial charge is 0.194 e. The number of hydrogen-bond acceptors (Lipinski definition) is 5. The van der Waals surface area contributed by atoms with Crippen molar-refractivity contribution in [1.29, 1.82) is 0 Å². The highest BCUT2D eigenvalue weighted by Crippen LogP contribution is 2.25. The van der Waals surface area contributed by atoms with Gasteiger partial charge >= 0.3 is 0 Å². The lowest BCUT2D eigenvalue weighted by atomic mass is 10.1. The minimum absolute atomic E-state index is 0. The van der Waals surface area contributed by atoms with Gasteiger partial charge in [0.25, 0.3) is 0 Å². The largest absolute Gasteiger partial charge is 0.491 e. The molecule has 0 aliphatic carbocycles. The van der Waals surface area contributed by atoms with Gasteiger partial charge in [-0.1, -0.05) is 42.5 Å². The molecule has 7 nitrogen and oxygen atoms in total. The number of nitrogens with one attached hydrogen (secondary N) is 1. The van der Waals surface area contributed by atoms with Crippen molar-refractivity contribution in [2.24, 2.45) is 4.99 Å². The van der Waals surface area contributed by atoms with Crippen molar-refractivity contribution in [2.75, 3.05) is 53.6 Å². The van der Waals surface area contributed by atoms with Gasteiger partial charge in [-0.25, -0.2) is 0 Å². The number of guanidine groups is 1. The summed E-state index contributed by atoms with van der Waals surface area (Å²) in [6, 6.07) is 19.2. The number of benzene rings is 2. The summed E-state index contributed by atoms with van der Waals surface area (Å²) in [5, 5.41) is 3.52. The van der Waals surface area contributed by atoms with Gasteiger partial charge in [-0.15, -0.1) is 24.0 Å². The van der Waals surface area contributed by atoms with E-state index in [-0.39, 0.29) is 30.1 Å². The van der Waals surface area contributed by atoms with Gasteiger partial charge in [0.2, 0.25) is 0 Å². The van der Waals surface area contributed by atoms with Crippen molar-refractivity contribution >= 4 is 29.9 Å². The number of fused-ring (bicyclic) bond motifs is 1. The molecule has 2 aliphatic heterocycles. The van der Waals surface area contributed by atoms with E-state index in [2.05, 4.69) is 62.6 Å². The molecule has 2 heterocycles. The van der Waals surface area contributed by atoms with Crippen LogP contribution in [0.4, 0.5) is 0 Å². The summed E-state index contributed by atoms with van der Waals surface area (Å²) < 4.78 is 16.9. The topological polar surface area (TPSA) is 58.6 Å². The molecule has 0 aromatic heterocycles. The Labute approximate surface area is 214 Å². The van der Waals surface area contributed by atoms with Crippen LogP contribution in [-0.4, -0.2) is 81.5 Å². The maximum absolute atomic E-state index is 6.13. The summed E-state index contributed by atoms with van der Waals surface area (Å²) >= 11 is 0. The zero-order valence-corrected chi connectivity index (χ0v) is 21.8. The second-order valence-corrected chi connectivity index (χ2v) is 8.23. The summed E-state index contributed by atoms with van der Waals surface area (Å²) in [7, 11) is 3.52. The molecule has 2 fully saturated rings. The van der Waals surface area contributed by atoms with Crippen molar-refractivity contribution in [3.8, 4) is 5.75 Å². The number of rotatable bonds is 8. The van der Waals surface area contributed by atoms with E-state index in [1.807, 2.05) is 19.2 Å². The number of hydrogen-bond donors (Lipinski definition) is 1. The van der Waals surface area contributed by atoms with Gasteiger partial charge in [-0.3, -0.25) is 9.89 Å². The zero-order chi connectivity index (χ0) is 22.2. The van der Waals surface area contributed by atoms with Gasteiger partial charge in [0.05, 0.1) is 25.4 Å². The first-order chi connectivity index (χ1) is 15.8. The molecule has 1 N–H and O–H groups in total. The highest BCUT2D eigenvalue weighted by molar-refractivity contribution is 14.0. The third-order valence-corrected chi connectivity index (χ3v) is 6.06. The van der Waals surface area contributed by atoms with Crippen LogP contribution in [0.15, 0.2) is 59.6 Å². The third kappa shape index (κ3) is 7.05. The quantitative estimate of drug-likeness (QED) is 0.230. The Kier molecular flexibility index (Phi) is 10.2. The molecular weight excluding hydrogens is 531 g/mol. The monoisotopic (exact) mass is 566 g/mol. The second kappa shape index (κ2) is 13.1. The normalized spacial score (nSPS) is 20.8. The number of halogens is 1. The summed E-state index contributed by atoms with van der Waals surface area (Å²) in [6.07, 6.45) is 0.212. The Bertz CT molecular complexity index is 883. The van der Waals surface area contributed by atoms with E-state index in [1.54, 1.807) is 7.11 Å². The van der Waals surface area contributed by atoms with Gasteiger partial charge in [0, 0.05) is 46.9 Å². The Balaban J connectivity index is 0.00000306. The van der Waals surface area contributed by atoms with E-state index in [0.29, 0.717) is 25.8 Å². The zero-order valence-electron chi connectivity index (χ0n) is 19.5. The van der Waals surface area contributed by atoms with Crippen LogP contribution in [0.25, 0.3) is 0 Å². The predicted molar refractivity (Wildman–Crippen MR) is 141 cm³/mol. The van der Waals surface area contributed by atoms with Crippen LogP contribution in [-0.2, 0) is 22.6 Å². The van der Waals surface area contributed by atoms with Gasteiger partial charge < -0.3 is 24.4 Å². The fourth-order valence-electron chi connectivity index (χ4n) is 4.45. The molecule has 2 aromatic rings. The Hall–Kier alpha value is -1.88. The molecule has 2 aliphatic rings. The SMILES string of the molecule is CN=C(NCc1cccc(OCCOC)c1)N1CC2OCCN(Cc3ccccc3)C2C1.I. The molecule has 180 valence electrons. The van der Waals surface area contributed by atoms with Crippen LogP contribution in [0.5, 0.6) is 5.75 Å². The highest BCUT2D eigenvalue weighted by atomic mass is 127. The summed E-state index contributed by atoms with van der Waals surface area (Å²) in [5.41, 5.74) is 2.50. The lowest BCUT2D eigenvalue weighted by Gasteiger charge is -2.36. The molecule has 0 bridgehead atoms. The van der Waals surface area contributed by atoms with Gasteiger partial charge in [-0.05, 0) is 23.3 Å². The summed E-state index contributed by atoms with van der Waals surface area (Å²) in [4.78, 5) is 9.41. The molecule has 2 saturated heterocycles. The molecule has 0 spiro atoms. The van der Waals surface area contributed by atoms with Crippen molar-refractivity contribution in [2.45, 2.75) is 25.2 Å². The maximum atomic E-state index is 6.13. The molecule has 33 heavy (non-hydrogen) atoms. The Morgan fingerprint density at radius 3 is 2.70 bits per heavy atom. The molecular formula is C25H35IN4O3. The minimum atomic E-state index is 0. The van der Waals surface area contributed by atoms with Crippen molar-refractivity contribution in [3.63, 3.8) is 0 Å². The lowest BCUT2D eigenvalue weighted by molar-refractivity contribution is -0.0502. The second-order valence-electron chi connectivity index (χ2n) is 8.23. The number of likely N-dealkylation sites (tertiary alicyclic amines) is 1. The molecule has 0 radical (unpaired) electrons. The van der Waals surface area contributed by atoms with Crippen LogP contribution in [0, 0.1) is 0 Å². The molecule has 0 saturated carbocycles. The van der Waals surface area contributed by atoms with Crippen LogP contribution in [0.1, 0.15) is 11.1 Å². The van der Waals surface area contributed by atoms with Crippen LogP contribution in [0.2, 0.25) is 0 Å². The lowest BCUT2D eigenvalue weighted by Crippen LogP contribution is -2.50. The van der Waals surface area contributed by atoms with E-state index in [1.165, 1.54) is 5.56 Å². The van der Waals surface area contributed by atoms with Crippen LogP contribution in [0.3, 0.4) is 0 Å². The maximum Gasteiger partial charge on any atom is 0.194 e. The third-order valence-electron chi connectivity index (χ3n) is 6.06. The highest BCUT2D eigenvalue weighted by Gasteiger charge is 2.41. The average molecular weight is 566 g/mol. The van der Waals surface area contributed by atoms with Crippen molar-refractivity contribution < 1.29 is 14.2 Å². The molecule has 2 atom stereocenters. The molecule has 4 rings (SSSR count). The van der Waals surface area contributed by atoms with Crippen LogP contribution >= 0.6 is 24.0 Å². The summed E-state index contributed by atoms with van der Waals surface area (Å²) in [6.45, 7) is 6.29. The molecule has 8 heteroatoms. The number of methoxy groups -OCH3 is 1. The molecule has 0 amide bonds. The molecule has 2 aromatic carbocycles. The van der Waals surface area contributed by atoms with E-state index in [0.717, 1.165) is 50.1 Å². The fourth-order valence-corrected chi connectivity index (χ4v) is 4.45. The minimum Gasteiger partial charge on any atom is -0.491 e. The van der Waals surface area contributed by atoms with Crippen molar-refractivity contribution in [1.82, 2.24) is 15.1 Å². The average Bonchev–Trinajstić information content (AvgIpc) is 3.26. The number of aliphatic imine (C=N–C) groups is 1. The van der Waals surface area contributed by atoms with E-state index < -0.39 is 0 Å². The predicted octanol–water partition coefficient (Wildman–Crippen LogP) is 2.99. The first-order valence-corrected chi connectivity index (χ1v) is 11.3. The van der Waals surface area contributed by atoms with E-state index >= 15 is 0 Å². The number of morpholine rings is 1. The van der Waals surface area contributed by atoms with Crippen LogP contribution < -0.4 is 10.1 Å².